The highest BCUT2D eigenvalue weighted by atomic mass is 32.2. The number of hydrogen-bond donors (Lipinski definition) is 1. The summed E-state index contributed by atoms with van der Waals surface area (Å²) in [5.41, 5.74) is 1.56. The fraction of sp³-hybridized carbons (Fsp3) is 0.714. The average molecular weight is 310 g/mol. The highest BCUT2D eigenvalue weighted by molar-refractivity contribution is 8.17. The summed E-state index contributed by atoms with van der Waals surface area (Å²) in [5, 5.41) is 5.72. The summed E-state index contributed by atoms with van der Waals surface area (Å²) in [6, 6.07) is 0. The first-order valence-corrected chi connectivity index (χ1v) is 8.76. The number of nitrogens with one attached hydrogen (secondary N) is 1. The summed E-state index contributed by atoms with van der Waals surface area (Å²) in [6.07, 6.45) is 0. The standard InChI is InChI=1S/C14H22N4S2/c1-9-10(6-19-11-15-7-13(2,3)16-11)18-8-14(4,5)17-12(18)20-9/h6-8H2,1-5H3,(H,15,16). The lowest BCUT2D eigenvalue weighted by Gasteiger charge is -2.22. The fourth-order valence-electron chi connectivity index (χ4n) is 2.52. The van der Waals surface area contributed by atoms with Gasteiger partial charge in [-0.2, -0.15) is 0 Å². The number of aliphatic imine (C=N–C) groups is 2. The Bertz CT molecular complexity index is 531. The molecule has 3 rings (SSSR count). The van der Waals surface area contributed by atoms with Gasteiger partial charge in [-0.1, -0.05) is 23.5 Å². The van der Waals surface area contributed by atoms with E-state index in [0.29, 0.717) is 0 Å². The second-order valence-corrected chi connectivity index (χ2v) is 8.96. The number of hydrogen-bond acceptors (Lipinski definition) is 6. The fourth-order valence-corrected chi connectivity index (χ4v) is 4.91. The molecule has 4 nitrogen and oxygen atoms in total. The van der Waals surface area contributed by atoms with Crippen LogP contribution in [0.4, 0.5) is 0 Å². The lowest BCUT2D eigenvalue weighted by molar-refractivity contribution is 0.435. The topological polar surface area (TPSA) is 40.0 Å². The maximum atomic E-state index is 4.79. The minimum Gasteiger partial charge on any atom is -0.358 e. The van der Waals surface area contributed by atoms with Gasteiger partial charge in [0.15, 0.2) is 10.3 Å². The number of nitrogens with zero attached hydrogens (tertiary/aromatic N) is 3. The molecule has 0 bridgehead atoms. The molecule has 20 heavy (non-hydrogen) atoms. The Morgan fingerprint density at radius 1 is 1.35 bits per heavy atom. The summed E-state index contributed by atoms with van der Waals surface area (Å²) >= 11 is 3.62. The molecule has 1 N–H and O–H groups in total. The van der Waals surface area contributed by atoms with Crippen LogP contribution >= 0.6 is 23.5 Å². The Balaban J connectivity index is 1.64. The molecule has 3 aliphatic heterocycles. The minimum atomic E-state index is 0.0457. The van der Waals surface area contributed by atoms with E-state index in [1.807, 2.05) is 23.5 Å². The van der Waals surface area contributed by atoms with Gasteiger partial charge < -0.3 is 10.2 Å². The molecule has 0 atom stereocenters. The van der Waals surface area contributed by atoms with Crippen LogP contribution < -0.4 is 5.32 Å². The van der Waals surface area contributed by atoms with Crippen molar-refractivity contribution in [2.24, 2.45) is 9.98 Å². The van der Waals surface area contributed by atoms with Gasteiger partial charge >= 0.3 is 0 Å². The number of allylic oxidation sites excluding steroid dienone is 1. The normalized spacial score (nSPS) is 26.6. The molecule has 0 aromatic rings. The summed E-state index contributed by atoms with van der Waals surface area (Å²) < 4.78 is 0. The van der Waals surface area contributed by atoms with Crippen molar-refractivity contribution in [2.75, 3.05) is 18.8 Å². The van der Waals surface area contributed by atoms with E-state index < -0.39 is 0 Å². The second kappa shape index (κ2) is 4.70. The van der Waals surface area contributed by atoms with Crippen molar-refractivity contribution < 1.29 is 0 Å². The predicted octanol–water partition coefficient (Wildman–Crippen LogP) is 2.89. The van der Waals surface area contributed by atoms with Crippen molar-refractivity contribution in [3.63, 3.8) is 0 Å². The molecular formula is C14H22N4S2. The summed E-state index contributed by atoms with van der Waals surface area (Å²) in [6.45, 7) is 12.8. The van der Waals surface area contributed by atoms with Crippen molar-refractivity contribution in [3.8, 4) is 0 Å². The monoisotopic (exact) mass is 310 g/mol. The van der Waals surface area contributed by atoms with E-state index >= 15 is 0 Å². The molecule has 6 heteroatoms. The van der Waals surface area contributed by atoms with Crippen molar-refractivity contribution in [3.05, 3.63) is 10.6 Å². The van der Waals surface area contributed by atoms with Gasteiger partial charge in [-0.3, -0.25) is 9.98 Å². The summed E-state index contributed by atoms with van der Waals surface area (Å²) in [4.78, 5) is 13.1. The van der Waals surface area contributed by atoms with E-state index in [-0.39, 0.29) is 11.1 Å². The number of fused-ring (bicyclic) bond motifs is 1. The zero-order valence-corrected chi connectivity index (χ0v) is 14.4. The van der Waals surface area contributed by atoms with E-state index in [1.165, 1.54) is 15.8 Å². The Kier molecular flexibility index (Phi) is 3.36. The molecule has 0 radical (unpaired) electrons. The van der Waals surface area contributed by atoms with Crippen LogP contribution in [0, 0.1) is 0 Å². The van der Waals surface area contributed by atoms with E-state index in [1.54, 1.807) is 0 Å². The van der Waals surface area contributed by atoms with Crippen LogP contribution in [0.5, 0.6) is 0 Å². The molecule has 0 spiro atoms. The van der Waals surface area contributed by atoms with Gasteiger partial charge in [-0.15, -0.1) is 0 Å². The van der Waals surface area contributed by atoms with Crippen LogP contribution in [0.3, 0.4) is 0 Å². The molecule has 3 aliphatic rings. The van der Waals surface area contributed by atoms with Gasteiger partial charge in [-0.05, 0) is 34.6 Å². The van der Waals surface area contributed by atoms with E-state index in [0.717, 1.165) is 24.0 Å². The molecule has 0 saturated carbocycles. The number of rotatable bonds is 2. The van der Waals surface area contributed by atoms with Gasteiger partial charge in [0, 0.05) is 22.9 Å². The lowest BCUT2D eigenvalue weighted by Crippen LogP contribution is -2.38. The first-order valence-electron chi connectivity index (χ1n) is 6.96. The van der Waals surface area contributed by atoms with Gasteiger partial charge in [0.2, 0.25) is 0 Å². The van der Waals surface area contributed by atoms with Gasteiger partial charge in [-0.25, -0.2) is 0 Å². The Hall–Kier alpha value is -0.620. The predicted molar refractivity (Wildman–Crippen MR) is 90.5 cm³/mol. The maximum absolute atomic E-state index is 4.79. The van der Waals surface area contributed by atoms with Gasteiger partial charge in [0.25, 0.3) is 0 Å². The minimum absolute atomic E-state index is 0.0457. The molecule has 0 fully saturated rings. The van der Waals surface area contributed by atoms with Crippen molar-refractivity contribution >= 4 is 33.9 Å². The van der Waals surface area contributed by atoms with Crippen LogP contribution in [0.2, 0.25) is 0 Å². The number of amidine groups is 2. The van der Waals surface area contributed by atoms with E-state index in [4.69, 9.17) is 4.99 Å². The number of thioether (sulfide) groups is 2. The third-order valence-electron chi connectivity index (χ3n) is 3.56. The molecule has 110 valence electrons. The largest absolute Gasteiger partial charge is 0.358 e. The summed E-state index contributed by atoms with van der Waals surface area (Å²) in [7, 11) is 0. The van der Waals surface area contributed by atoms with Crippen LogP contribution in [0.1, 0.15) is 34.6 Å². The highest BCUT2D eigenvalue weighted by Crippen LogP contribution is 2.41. The van der Waals surface area contributed by atoms with Crippen LogP contribution in [-0.4, -0.2) is 45.2 Å². The SMILES string of the molecule is CC1=C(CSC2=NCC(C)(C)N2)N2CC(C)(C)N=C2S1. The molecule has 0 unspecified atom stereocenters. The smallest absolute Gasteiger partial charge is 0.168 e. The first-order chi connectivity index (χ1) is 9.26. The van der Waals surface area contributed by atoms with E-state index in [2.05, 4.69) is 49.8 Å². The van der Waals surface area contributed by atoms with Gasteiger partial charge in [0.05, 0.1) is 17.6 Å². The van der Waals surface area contributed by atoms with E-state index in [9.17, 15) is 0 Å². The lowest BCUT2D eigenvalue weighted by atomic mass is 10.1. The van der Waals surface area contributed by atoms with Crippen LogP contribution in [-0.2, 0) is 0 Å². The van der Waals surface area contributed by atoms with Crippen molar-refractivity contribution in [2.45, 2.75) is 45.7 Å². The van der Waals surface area contributed by atoms with Crippen molar-refractivity contribution in [1.82, 2.24) is 10.2 Å². The van der Waals surface area contributed by atoms with Crippen molar-refractivity contribution in [1.29, 1.82) is 0 Å². The zero-order valence-electron chi connectivity index (χ0n) is 12.8. The summed E-state index contributed by atoms with van der Waals surface area (Å²) in [5.74, 6) is 0.968. The zero-order chi connectivity index (χ0) is 14.5. The third-order valence-corrected chi connectivity index (χ3v) is 5.52. The van der Waals surface area contributed by atoms with Crippen LogP contribution in [0.25, 0.3) is 0 Å². The Labute approximate surface area is 129 Å². The highest BCUT2D eigenvalue weighted by Gasteiger charge is 2.38. The third kappa shape index (κ3) is 2.72. The average Bonchev–Trinajstić information content (AvgIpc) is 2.87. The molecule has 0 aromatic carbocycles. The quantitative estimate of drug-likeness (QED) is 0.851. The molecule has 0 amide bonds. The van der Waals surface area contributed by atoms with Gasteiger partial charge in [0.1, 0.15) is 0 Å². The molecule has 0 aromatic heterocycles. The van der Waals surface area contributed by atoms with Crippen LogP contribution in [0.15, 0.2) is 20.6 Å². The molecule has 0 aliphatic carbocycles. The Morgan fingerprint density at radius 2 is 2.10 bits per heavy atom. The second-order valence-electron chi connectivity index (χ2n) is 6.82. The molecular weight excluding hydrogens is 288 g/mol. The molecule has 3 heterocycles. The molecule has 0 saturated heterocycles. The maximum Gasteiger partial charge on any atom is 0.168 e. The first kappa shape index (κ1) is 14.3. The Morgan fingerprint density at radius 3 is 2.75 bits per heavy atom.